The van der Waals surface area contributed by atoms with Crippen LogP contribution in [0.3, 0.4) is 0 Å². The highest BCUT2D eigenvalue weighted by atomic mass is 32.1. The average molecular weight is 304 g/mol. The van der Waals surface area contributed by atoms with E-state index in [9.17, 15) is 0 Å². The van der Waals surface area contributed by atoms with Crippen LogP contribution in [-0.2, 0) is 4.74 Å². The molecule has 1 aliphatic heterocycles. The highest BCUT2D eigenvalue weighted by Crippen LogP contribution is 2.15. The zero-order chi connectivity index (χ0) is 14.9. The number of hydrazone groups is 1. The second kappa shape index (κ2) is 8.39. The van der Waals surface area contributed by atoms with E-state index in [2.05, 4.69) is 39.5 Å². The molecule has 0 aromatic heterocycles. The number of hydrogen-bond acceptors (Lipinski definition) is 4. The minimum absolute atomic E-state index is 0.482. The van der Waals surface area contributed by atoms with E-state index < -0.39 is 0 Å². The van der Waals surface area contributed by atoms with Gasteiger partial charge in [0.15, 0.2) is 5.11 Å². The molecule has 1 aromatic carbocycles. The van der Waals surface area contributed by atoms with E-state index >= 15 is 0 Å². The summed E-state index contributed by atoms with van der Waals surface area (Å²) in [7, 11) is 0. The van der Waals surface area contributed by atoms with Gasteiger partial charge in [0.05, 0.1) is 19.4 Å². The van der Waals surface area contributed by atoms with Gasteiger partial charge in [-0.1, -0.05) is 18.2 Å². The molecule has 1 aliphatic rings. The summed E-state index contributed by atoms with van der Waals surface area (Å²) < 4.78 is 5.35. The van der Waals surface area contributed by atoms with Crippen LogP contribution < -0.4 is 15.6 Å². The van der Waals surface area contributed by atoms with Crippen LogP contribution in [0.4, 0.5) is 5.69 Å². The van der Waals surface area contributed by atoms with Gasteiger partial charge < -0.3 is 15.0 Å². The van der Waals surface area contributed by atoms with Gasteiger partial charge >= 0.3 is 0 Å². The number of nitrogens with zero attached hydrogens (tertiary/aromatic N) is 2. The van der Waals surface area contributed by atoms with Crippen molar-refractivity contribution in [3.8, 4) is 0 Å². The Morgan fingerprint density at radius 3 is 2.71 bits per heavy atom. The lowest BCUT2D eigenvalue weighted by molar-refractivity contribution is 0.122. The molecule has 112 valence electrons. The number of benzene rings is 1. The number of hydrogen-bond donors (Lipinski definition) is 2. The van der Waals surface area contributed by atoms with Gasteiger partial charge in [-0.3, -0.25) is 5.43 Å². The monoisotopic (exact) mass is 304 g/mol. The van der Waals surface area contributed by atoms with E-state index in [-0.39, 0.29) is 0 Å². The van der Waals surface area contributed by atoms with Gasteiger partial charge in [0.2, 0.25) is 0 Å². The molecular formula is C15H20N4OS. The summed E-state index contributed by atoms with van der Waals surface area (Å²) in [6, 6.07) is 8.27. The van der Waals surface area contributed by atoms with Gasteiger partial charge in [0.25, 0.3) is 0 Å². The summed E-state index contributed by atoms with van der Waals surface area (Å²) in [5.74, 6) is 0. The molecule has 0 radical (unpaired) electrons. The molecule has 1 heterocycles. The summed E-state index contributed by atoms with van der Waals surface area (Å²) in [4.78, 5) is 2.32. The maximum Gasteiger partial charge on any atom is 0.187 e. The summed E-state index contributed by atoms with van der Waals surface area (Å²) in [5.41, 5.74) is 4.99. The lowest BCUT2D eigenvalue weighted by Gasteiger charge is -2.28. The molecule has 0 spiro atoms. The molecule has 1 saturated heterocycles. The van der Waals surface area contributed by atoms with Gasteiger partial charge in [-0.25, -0.2) is 0 Å². The SMILES string of the molecule is C=CCNC(=S)NN=Cc1ccc(N2CCOCC2)cc1. The van der Waals surface area contributed by atoms with E-state index in [4.69, 9.17) is 17.0 Å². The number of anilines is 1. The number of thiocarbonyl (C=S) groups is 1. The van der Waals surface area contributed by atoms with Crippen molar-refractivity contribution in [2.75, 3.05) is 37.7 Å². The lowest BCUT2D eigenvalue weighted by Crippen LogP contribution is -2.36. The Labute approximate surface area is 130 Å². The Kier molecular flexibility index (Phi) is 6.18. The molecule has 0 unspecified atom stereocenters. The molecule has 2 N–H and O–H groups in total. The molecule has 0 amide bonds. The van der Waals surface area contributed by atoms with Gasteiger partial charge in [-0.05, 0) is 29.9 Å². The van der Waals surface area contributed by atoms with Crippen molar-refractivity contribution in [1.82, 2.24) is 10.7 Å². The minimum Gasteiger partial charge on any atom is -0.378 e. The average Bonchev–Trinajstić information content (AvgIpc) is 2.54. The fourth-order valence-corrected chi connectivity index (χ4v) is 2.10. The molecule has 0 saturated carbocycles. The third kappa shape index (κ3) is 5.17. The number of morpholine rings is 1. The van der Waals surface area contributed by atoms with Crippen molar-refractivity contribution in [2.24, 2.45) is 5.10 Å². The zero-order valence-corrected chi connectivity index (χ0v) is 12.7. The fourth-order valence-electron chi connectivity index (χ4n) is 1.96. The maximum atomic E-state index is 5.35. The van der Waals surface area contributed by atoms with E-state index in [1.165, 1.54) is 5.69 Å². The summed E-state index contributed by atoms with van der Waals surface area (Å²) in [6.07, 6.45) is 3.48. The van der Waals surface area contributed by atoms with Crippen molar-refractivity contribution in [3.63, 3.8) is 0 Å². The van der Waals surface area contributed by atoms with Crippen LogP contribution in [-0.4, -0.2) is 44.2 Å². The summed E-state index contributed by atoms with van der Waals surface area (Å²) in [5, 5.41) is 7.51. The second-order valence-electron chi connectivity index (χ2n) is 4.56. The van der Waals surface area contributed by atoms with Crippen LogP contribution in [0.2, 0.25) is 0 Å². The third-order valence-electron chi connectivity index (χ3n) is 3.06. The van der Waals surface area contributed by atoms with Gasteiger partial charge in [0, 0.05) is 25.3 Å². The van der Waals surface area contributed by atoms with E-state index in [0.29, 0.717) is 11.7 Å². The lowest BCUT2D eigenvalue weighted by atomic mass is 10.2. The smallest absolute Gasteiger partial charge is 0.187 e. The highest BCUT2D eigenvalue weighted by Gasteiger charge is 2.10. The predicted molar refractivity (Wildman–Crippen MR) is 91.0 cm³/mol. The Hall–Kier alpha value is -1.92. The summed E-state index contributed by atoms with van der Waals surface area (Å²) in [6.45, 7) is 7.70. The Bertz CT molecular complexity index is 495. The first kappa shape index (κ1) is 15.5. The van der Waals surface area contributed by atoms with Gasteiger partial charge in [-0.15, -0.1) is 6.58 Å². The standard InChI is InChI=1S/C15H20N4OS/c1-2-7-16-15(21)18-17-12-13-3-5-14(6-4-13)19-8-10-20-11-9-19/h2-6,12H,1,7-11H2,(H2,16,18,21). The predicted octanol–water partition coefficient (Wildman–Crippen LogP) is 1.51. The van der Waals surface area contributed by atoms with E-state index in [1.54, 1.807) is 12.3 Å². The summed E-state index contributed by atoms with van der Waals surface area (Å²) >= 11 is 5.04. The maximum absolute atomic E-state index is 5.35. The largest absolute Gasteiger partial charge is 0.378 e. The molecule has 0 atom stereocenters. The van der Waals surface area contributed by atoms with Crippen LogP contribution in [0, 0.1) is 0 Å². The molecule has 6 heteroatoms. The molecule has 5 nitrogen and oxygen atoms in total. The molecule has 1 fully saturated rings. The first-order valence-electron chi connectivity index (χ1n) is 6.90. The first-order chi connectivity index (χ1) is 10.3. The van der Waals surface area contributed by atoms with Crippen molar-refractivity contribution >= 4 is 29.2 Å². The van der Waals surface area contributed by atoms with E-state index in [1.807, 2.05) is 12.1 Å². The Balaban J connectivity index is 1.84. The van der Waals surface area contributed by atoms with Gasteiger partial charge in [0.1, 0.15) is 0 Å². The molecule has 1 aromatic rings. The topological polar surface area (TPSA) is 48.9 Å². The van der Waals surface area contributed by atoms with Crippen LogP contribution in [0.1, 0.15) is 5.56 Å². The van der Waals surface area contributed by atoms with Crippen molar-refractivity contribution in [2.45, 2.75) is 0 Å². The van der Waals surface area contributed by atoms with Crippen LogP contribution in [0.25, 0.3) is 0 Å². The molecule has 21 heavy (non-hydrogen) atoms. The van der Waals surface area contributed by atoms with Crippen molar-refractivity contribution in [3.05, 3.63) is 42.5 Å². The van der Waals surface area contributed by atoms with Crippen LogP contribution in [0.15, 0.2) is 42.0 Å². The molecule has 0 aliphatic carbocycles. The highest BCUT2D eigenvalue weighted by molar-refractivity contribution is 7.80. The first-order valence-corrected chi connectivity index (χ1v) is 7.31. The van der Waals surface area contributed by atoms with Crippen LogP contribution in [0.5, 0.6) is 0 Å². The molecular weight excluding hydrogens is 284 g/mol. The van der Waals surface area contributed by atoms with E-state index in [0.717, 1.165) is 31.9 Å². The number of nitrogens with one attached hydrogen (secondary N) is 2. The minimum atomic E-state index is 0.482. The van der Waals surface area contributed by atoms with Gasteiger partial charge in [-0.2, -0.15) is 5.10 Å². The quantitative estimate of drug-likeness (QED) is 0.374. The second-order valence-corrected chi connectivity index (χ2v) is 4.97. The molecule has 0 bridgehead atoms. The fraction of sp³-hybridized carbons (Fsp3) is 0.333. The van der Waals surface area contributed by atoms with Crippen molar-refractivity contribution in [1.29, 1.82) is 0 Å². The zero-order valence-electron chi connectivity index (χ0n) is 11.9. The van der Waals surface area contributed by atoms with Crippen LogP contribution >= 0.6 is 12.2 Å². The Morgan fingerprint density at radius 1 is 1.33 bits per heavy atom. The molecule has 2 rings (SSSR count). The Morgan fingerprint density at radius 2 is 2.05 bits per heavy atom. The third-order valence-corrected chi connectivity index (χ3v) is 3.29. The number of rotatable bonds is 5. The normalized spacial score (nSPS) is 15.0. The van der Waals surface area contributed by atoms with Crippen molar-refractivity contribution < 1.29 is 4.74 Å². The number of ether oxygens (including phenoxy) is 1.